The van der Waals surface area contributed by atoms with Crippen molar-refractivity contribution in [2.75, 3.05) is 0 Å². The Balaban J connectivity index is 2.07. The molecule has 0 spiro atoms. The normalized spacial score (nSPS) is 12.6. The molecule has 0 saturated carbocycles. The number of halogens is 2. The third-order valence-corrected chi connectivity index (χ3v) is 3.28. The van der Waals surface area contributed by atoms with Gasteiger partial charge in [-0.05, 0) is 19.1 Å². The molecule has 1 N–H and O–H groups in total. The number of hydrogen-bond donors (Lipinski definition) is 1. The van der Waals surface area contributed by atoms with Crippen molar-refractivity contribution in [2.24, 2.45) is 0 Å². The van der Waals surface area contributed by atoms with Gasteiger partial charge in [0.1, 0.15) is 11.6 Å². The van der Waals surface area contributed by atoms with E-state index < -0.39 is 11.6 Å². The Morgan fingerprint density at radius 1 is 1.35 bits per heavy atom. The van der Waals surface area contributed by atoms with Gasteiger partial charge in [0.2, 0.25) is 0 Å². The van der Waals surface area contributed by atoms with E-state index in [1.54, 1.807) is 18.6 Å². The Bertz CT molecular complexity index is 465. The summed E-state index contributed by atoms with van der Waals surface area (Å²) in [5.74, 6) is -1.04. The number of nitrogens with one attached hydrogen (secondary N) is 1. The van der Waals surface area contributed by atoms with Crippen LogP contribution in [0.15, 0.2) is 29.9 Å². The summed E-state index contributed by atoms with van der Waals surface area (Å²) >= 11 is 1.51. The van der Waals surface area contributed by atoms with Crippen LogP contribution < -0.4 is 5.32 Å². The number of aromatic nitrogens is 1. The molecule has 2 rings (SSSR count). The molecule has 1 unspecified atom stereocenters. The summed E-state index contributed by atoms with van der Waals surface area (Å²) in [4.78, 5) is 4.97. The maximum absolute atomic E-state index is 13.5. The zero-order valence-corrected chi connectivity index (χ0v) is 10.1. The number of rotatable bonds is 4. The lowest BCUT2D eigenvalue weighted by atomic mass is 10.1. The van der Waals surface area contributed by atoms with Crippen molar-refractivity contribution in [3.8, 4) is 0 Å². The highest BCUT2D eigenvalue weighted by atomic mass is 32.1. The fourth-order valence-electron chi connectivity index (χ4n) is 1.61. The molecule has 0 aliphatic heterocycles. The molecule has 0 aliphatic carbocycles. The molecular formula is C12H12F2N2S. The summed E-state index contributed by atoms with van der Waals surface area (Å²) in [5, 5.41) is 3.07. The molecule has 0 aliphatic rings. The van der Waals surface area contributed by atoms with Crippen molar-refractivity contribution in [1.82, 2.24) is 10.3 Å². The molecule has 0 radical (unpaired) electrons. The van der Waals surface area contributed by atoms with E-state index in [0.717, 1.165) is 4.88 Å². The summed E-state index contributed by atoms with van der Waals surface area (Å²) in [6.45, 7) is 2.29. The van der Waals surface area contributed by atoms with Crippen molar-refractivity contribution >= 4 is 11.3 Å². The van der Waals surface area contributed by atoms with Gasteiger partial charge in [-0.1, -0.05) is 6.07 Å². The minimum absolute atomic E-state index is 0.0806. The lowest BCUT2D eigenvalue weighted by molar-refractivity contribution is 0.489. The van der Waals surface area contributed by atoms with E-state index >= 15 is 0 Å². The van der Waals surface area contributed by atoms with E-state index in [0.29, 0.717) is 6.54 Å². The van der Waals surface area contributed by atoms with Gasteiger partial charge in [0.05, 0.1) is 5.51 Å². The molecule has 5 heteroatoms. The molecule has 1 atom stereocenters. The number of hydrogen-bond acceptors (Lipinski definition) is 3. The predicted octanol–water partition coefficient (Wildman–Crippen LogP) is 3.27. The minimum atomic E-state index is -0.519. The van der Waals surface area contributed by atoms with Crippen LogP contribution in [0, 0.1) is 11.6 Å². The smallest absolute Gasteiger partial charge is 0.130 e. The van der Waals surface area contributed by atoms with Crippen LogP contribution in [0.4, 0.5) is 8.78 Å². The van der Waals surface area contributed by atoms with Gasteiger partial charge < -0.3 is 5.32 Å². The van der Waals surface area contributed by atoms with Crippen LogP contribution in [0.1, 0.15) is 23.4 Å². The minimum Gasteiger partial charge on any atom is -0.305 e. The molecule has 2 nitrogen and oxygen atoms in total. The first-order valence-electron chi connectivity index (χ1n) is 5.23. The first-order valence-corrected chi connectivity index (χ1v) is 6.11. The summed E-state index contributed by atoms with van der Waals surface area (Å²) < 4.78 is 27.0. The summed E-state index contributed by atoms with van der Waals surface area (Å²) in [5.41, 5.74) is 1.81. The predicted molar refractivity (Wildman–Crippen MR) is 63.7 cm³/mol. The third-order valence-electron chi connectivity index (χ3n) is 2.50. The Hall–Kier alpha value is -1.33. The van der Waals surface area contributed by atoms with Crippen molar-refractivity contribution < 1.29 is 8.78 Å². The van der Waals surface area contributed by atoms with Gasteiger partial charge in [-0.2, -0.15) is 0 Å². The Labute approximate surface area is 102 Å². The molecule has 2 aromatic rings. The van der Waals surface area contributed by atoms with E-state index in [4.69, 9.17) is 0 Å². The maximum Gasteiger partial charge on any atom is 0.130 e. The standard InChI is InChI=1S/C12H12F2N2S/c1-8(16-6-9-5-15-7-17-9)12-10(13)3-2-4-11(12)14/h2-5,7-8,16H,6H2,1H3. The molecule has 0 amide bonds. The van der Waals surface area contributed by atoms with E-state index in [1.165, 1.54) is 29.5 Å². The van der Waals surface area contributed by atoms with Crippen molar-refractivity contribution in [3.05, 3.63) is 52.0 Å². The average Bonchev–Trinajstić information content (AvgIpc) is 2.79. The van der Waals surface area contributed by atoms with E-state index in [-0.39, 0.29) is 11.6 Å². The van der Waals surface area contributed by atoms with E-state index in [9.17, 15) is 8.78 Å². The summed E-state index contributed by atoms with van der Waals surface area (Å²) in [6.07, 6.45) is 1.74. The van der Waals surface area contributed by atoms with Crippen LogP contribution in [0.5, 0.6) is 0 Å². The second-order valence-electron chi connectivity index (χ2n) is 3.71. The summed E-state index contributed by atoms with van der Waals surface area (Å²) in [7, 11) is 0. The van der Waals surface area contributed by atoms with Gasteiger partial charge in [0.25, 0.3) is 0 Å². The van der Waals surface area contributed by atoms with Crippen LogP contribution in [-0.4, -0.2) is 4.98 Å². The second-order valence-corrected chi connectivity index (χ2v) is 4.68. The zero-order valence-electron chi connectivity index (χ0n) is 9.28. The first-order chi connectivity index (χ1) is 8.18. The fraction of sp³-hybridized carbons (Fsp3) is 0.250. The Kier molecular flexibility index (Phi) is 3.81. The molecular weight excluding hydrogens is 242 g/mol. The average molecular weight is 254 g/mol. The molecule has 0 saturated heterocycles. The SMILES string of the molecule is CC(NCc1cncs1)c1c(F)cccc1F. The lowest BCUT2D eigenvalue weighted by Gasteiger charge is -2.15. The van der Waals surface area contributed by atoms with Crippen molar-refractivity contribution in [1.29, 1.82) is 0 Å². The highest BCUT2D eigenvalue weighted by Gasteiger charge is 2.15. The van der Waals surface area contributed by atoms with Crippen LogP contribution in [0.3, 0.4) is 0 Å². The van der Waals surface area contributed by atoms with Crippen molar-refractivity contribution in [3.63, 3.8) is 0 Å². The van der Waals surface area contributed by atoms with Gasteiger partial charge in [-0.3, -0.25) is 4.98 Å². The van der Waals surface area contributed by atoms with E-state index in [1.807, 2.05) is 0 Å². The first kappa shape index (κ1) is 12.1. The van der Waals surface area contributed by atoms with Gasteiger partial charge in [0.15, 0.2) is 0 Å². The number of nitrogens with zero attached hydrogens (tertiary/aromatic N) is 1. The monoisotopic (exact) mass is 254 g/mol. The Morgan fingerprint density at radius 3 is 2.65 bits per heavy atom. The van der Waals surface area contributed by atoms with Gasteiger partial charge in [-0.15, -0.1) is 11.3 Å². The molecule has 17 heavy (non-hydrogen) atoms. The van der Waals surface area contributed by atoms with Crippen LogP contribution in [0.25, 0.3) is 0 Å². The maximum atomic E-state index is 13.5. The number of benzene rings is 1. The number of thiazole rings is 1. The molecule has 1 aromatic heterocycles. The molecule has 0 bridgehead atoms. The van der Waals surface area contributed by atoms with Crippen LogP contribution in [0.2, 0.25) is 0 Å². The van der Waals surface area contributed by atoms with E-state index in [2.05, 4.69) is 10.3 Å². The van der Waals surface area contributed by atoms with Crippen LogP contribution in [-0.2, 0) is 6.54 Å². The molecule has 1 heterocycles. The van der Waals surface area contributed by atoms with Gasteiger partial charge in [0, 0.05) is 29.2 Å². The van der Waals surface area contributed by atoms with Crippen molar-refractivity contribution in [2.45, 2.75) is 19.5 Å². The van der Waals surface area contributed by atoms with Gasteiger partial charge in [-0.25, -0.2) is 8.78 Å². The zero-order chi connectivity index (χ0) is 12.3. The highest BCUT2D eigenvalue weighted by molar-refractivity contribution is 7.09. The second kappa shape index (κ2) is 5.33. The molecule has 90 valence electrons. The molecule has 0 fully saturated rings. The third kappa shape index (κ3) is 2.87. The summed E-state index contributed by atoms with van der Waals surface area (Å²) in [6, 6.07) is 3.52. The Morgan fingerprint density at radius 2 is 2.06 bits per heavy atom. The lowest BCUT2D eigenvalue weighted by Crippen LogP contribution is -2.19. The fourth-order valence-corrected chi connectivity index (χ4v) is 2.16. The largest absolute Gasteiger partial charge is 0.305 e. The van der Waals surface area contributed by atoms with Crippen LogP contribution >= 0.6 is 11.3 Å². The molecule has 1 aromatic carbocycles. The quantitative estimate of drug-likeness (QED) is 0.905. The van der Waals surface area contributed by atoms with Gasteiger partial charge >= 0.3 is 0 Å². The highest BCUT2D eigenvalue weighted by Crippen LogP contribution is 2.20. The topological polar surface area (TPSA) is 24.9 Å².